The van der Waals surface area contributed by atoms with Crippen LogP contribution in [0.15, 0.2) is 29.2 Å². The first-order chi connectivity index (χ1) is 7.39. The van der Waals surface area contributed by atoms with E-state index >= 15 is 0 Å². The molecule has 2 aromatic rings. The van der Waals surface area contributed by atoms with Crippen LogP contribution in [0.3, 0.4) is 0 Å². The number of fused-ring (bicyclic) bond motifs is 1. The first-order valence-electron chi connectivity index (χ1n) is 4.28. The fourth-order valence-corrected chi connectivity index (χ4v) is 1.64. The van der Waals surface area contributed by atoms with Crippen LogP contribution >= 0.6 is 11.6 Å². The molecule has 1 heterocycles. The van der Waals surface area contributed by atoms with Crippen molar-refractivity contribution < 1.29 is 13.2 Å². The Labute approximate surface area is 92.7 Å². The Morgan fingerprint density at radius 3 is 2.50 bits per heavy atom. The number of halogens is 4. The van der Waals surface area contributed by atoms with E-state index < -0.39 is 17.3 Å². The molecule has 1 aromatic carbocycles. The van der Waals surface area contributed by atoms with Gasteiger partial charge in [0.2, 0.25) is 0 Å². The fraction of sp³-hybridized carbons (Fsp3) is 0.100. The summed E-state index contributed by atoms with van der Waals surface area (Å²) in [4.78, 5) is 13.4. The maximum atomic E-state index is 12.6. The van der Waals surface area contributed by atoms with Crippen LogP contribution in [-0.2, 0) is 6.18 Å². The molecule has 16 heavy (non-hydrogen) atoms. The van der Waals surface area contributed by atoms with Crippen molar-refractivity contribution in [2.75, 3.05) is 0 Å². The van der Waals surface area contributed by atoms with Crippen molar-refractivity contribution in [3.8, 4) is 0 Å². The standard InChI is InChI=1S/C10H5ClF3NO/c11-5-1-2-6-7(3-5)9(16)15-4-8(6)10(12,13)14/h1-4H,(H,15,16). The molecule has 0 fully saturated rings. The molecule has 0 bridgehead atoms. The molecule has 0 unspecified atom stereocenters. The summed E-state index contributed by atoms with van der Waals surface area (Å²) in [6.07, 6.45) is -3.84. The molecular formula is C10H5ClF3NO. The zero-order chi connectivity index (χ0) is 11.9. The Balaban J connectivity index is 2.90. The molecule has 0 amide bonds. The van der Waals surface area contributed by atoms with Gasteiger partial charge in [-0.2, -0.15) is 13.2 Å². The number of nitrogens with one attached hydrogen (secondary N) is 1. The smallest absolute Gasteiger partial charge is 0.328 e. The van der Waals surface area contributed by atoms with Gasteiger partial charge in [-0.05, 0) is 12.1 Å². The van der Waals surface area contributed by atoms with Crippen molar-refractivity contribution in [2.45, 2.75) is 6.18 Å². The van der Waals surface area contributed by atoms with Gasteiger partial charge in [-0.3, -0.25) is 4.79 Å². The number of H-pyrrole nitrogens is 1. The Bertz CT molecular complexity index is 603. The number of hydrogen-bond acceptors (Lipinski definition) is 1. The van der Waals surface area contributed by atoms with Crippen molar-refractivity contribution in [1.82, 2.24) is 4.98 Å². The van der Waals surface area contributed by atoms with Crippen LogP contribution in [0, 0.1) is 0 Å². The minimum atomic E-state index is -4.50. The average Bonchev–Trinajstić information content (AvgIpc) is 2.17. The highest BCUT2D eigenvalue weighted by Crippen LogP contribution is 2.33. The Morgan fingerprint density at radius 2 is 1.88 bits per heavy atom. The highest BCUT2D eigenvalue weighted by atomic mass is 35.5. The van der Waals surface area contributed by atoms with E-state index in [0.29, 0.717) is 6.20 Å². The molecule has 84 valence electrons. The van der Waals surface area contributed by atoms with Crippen molar-refractivity contribution in [1.29, 1.82) is 0 Å². The van der Waals surface area contributed by atoms with Gasteiger partial charge in [-0.25, -0.2) is 0 Å². The largest absolute Gasteiger partial charge is 0.418 e. The van der Waals surface area contributed by atoms with Gasteiger partial charge in [0.15, 0.2) is 0 Å². The molecule has 0 aliphatic carbocycles. The number of aromatic amines is 1. The van der Waals surface area contributed by atoms with Gasteiger partial charge in [0.05, 0.1) is 5.56 Å². The first-order valence-corrected chi connectivity index (χ1v) is 4.65. The molecule has 0 aliphatic heterocycles. The molecule has 6 heteroatoms. The summed E-state index contributed by atoms with van der Waals surface area (Å²) in [5.74, 6) is 0. The van der Waals surface area contributed by atoms with E-state index in [0.717, 1.165) is 0 Å². The number of aromatic nitrogens is 1. The average molecular weight is 248 g/mol. The summed E-state index contributed by atoms with van der Waals surface area (Å²) in [6.45, 7) is 0. The van der Waals surface area contributed by atoms with Crippen LogP contribution < -0.4 is 5.56 Å². The molecule has 2 nitrogen and oxygen atoms in total. The minimum Gasteiger partial charge on any atom is -0.328 e. The van der Waals surface area contributed by atoms with Crippen molar-refractivity contribution in [3.05, 3.63) is 45.3 Å². The maximum Gasteiger partial charge on any atom is 0.418 e. The quantitative estimate of drug-likeness (QED) is 0.762. The second-order valence-electron chi connectivity index (χ2n) is 3.22. The van der Waals surface area contributed by atoms with Crippen LogP contribution in [0.1, 0.15) is 5.56 Å². The van der Waals surface area contributed by atoms with E-state index in [9.17, 15) is 18.0 Å². The van der Waals surface area contributed by atoms with Gasteiger partial charge < -0.3 is 4.98 Å². The lowest BCUT2D eigenvalue weighted by Crippen LogP contribution is -2.13. The lowest BCUT2D eigenvalue weighted by molar-refractivity contribution is -0.136. The third kappa shape index (κ3) is 1.78. The number of benzene rings is 1. The van der Waals surface area contributed by atoms with Crippen molar-refractivity contribution >= 4 is 22.4 Å². The van der Waals surface area contributed by atoms with Crippen LogP contribution in [0.4, 0.5) is 13.2 Å². The maximum absolute atomic E-state index is 12.6. The normalized spacial score (nSPS) is 12.0. The van der Waals surface area contributed by atoms with Crippen LogP contribution in [0.2, 0.25) is 5.02 Å². The van der Waals surface area contributed by atoms with E-state index in [1.807, 2.05) is 4.98 Å². The fourth-order valence-electron chi connectivity index (χ4n) is 1.47. The Kier molecular flexibility index (Phi) is 2.42. The number of rotatable bonds is 0. The minimum absolute atomic E-state index is 0.0673. The van der Waals surface area contributed by atoms with Gasteiger partial charge in [0, 0.05) is 22.0 Å². The lowest BCUT2D eigenvalue weighted by atomic mass is 10.1. The molecule has 0 radical (unpaired) electrons. The molecule has 1 N–H and O–H groups in total. The van der Waals surface area contributed by atoms with E-state index in [1.54, 1.807) is 0 Å². The Hall–Kier alpha value is -1.49. The molecule has 1 aromatic heterocycles. The zero-order valence-electron chi connectivity index (χ0n) is 7.73. The lowest BCUT2D eigenvalue weighted by Gasteiger charge is -2.09. The van der Waals surface area contributed by atoms with Gasteiger partial charge in [0.25, 0.3) is 5.56 Å². The van der Waals surface area contributed by atoms with Crippen LogP contribution in [0.25, 0.3) is 10.8 Å². The topological polar surface area (TPSA) is 32.9 Å². The van der Waals surface area contributed by atoms with Crippen LogP contribution in [0.5, 0.6) is 0 Å². The molecule has 2 rings (SSSR count). The predicted octanol–water partition coefficient (Wildman–Crippen LogP) is 3.20. The van der Waals surface area contributed by atoms with E-state index in [4.69, 9.17) is 11.6 Å². The summed E-state index contributed by atoms with van der Waals surface area (Å²) in [6, 6.07) is 3.72. The molecule has 0 atom stereocenters. The molecule has 0 spiro atoms. The molecule has 0 saturated carbocycles. The second-order valence-corrected chi connectivity index (χ2v) is 3.66. The summed E-state index contributed by atoms with van der Waals surface area (Å²) in [5, 5.41) is 0.000277. The first kappa shape index (κ1) is 11.0. The van der Waals surface area contributed by atoms with Gasteiger partial charge in [-0.15, -0.1) is 0 Å². The number of pyridine rings is 1. The monoisotopic (exact) mass is 247 g/mol. The third-order valence-electron chi connectivity index (χ3n) is 2.17. The van der Waals surface area contributed by atoms with Crippen molar-refractivity contribution in [2.24, 2.45) is 0 Å². The molecule has 0 saturated heterocycles. The summed E-state index contributed by atoms with van der Waals surface area (Å²) >= 11 is 5.62. The number of hydrogen-bond donors (Lipinski definition) is 1. The highest BCUT2D eigenvalue weighted by molar-refractivity contribution is 6.31. The second kappa shape index (κ2) is 3.52. The number of alkyl halides is 3. The van der Waals surface area contributed by atoms with E-state index in [2.05, 4.69) is 0 Å². The summed E-state index contributed by atoms with van der Waals surface area (Å²) in [5.41, 5.74) is -1.47. The zero-order valence-corrected chi connectivity index (χ0v) is 8.49. The molecular weight excluding hydrogens is 243 g/mol. The predicted molar refractivity (Wildman–Crippen MR) is 54.6 cm³/mol. The van der Waals surface area contributed by atoms with E-state index in [-0.39, 0.29) is 15.8 Å². The highest BCUT2D eigenvalue weighted by Gasteiger charge is 2.33. The third-order valence-corrected chi connectivity index (χ3v) is 2.40. The van der Waals surface area contributed by atoms with Gasteiger partial charge in [-0.1, -0.05) is 17.7 Å². The summed E-state index contributed by atoms with van der Waals surface area (Å²) < 4.78 is 37.8. The van der Waals surface area contributed by atoms with Crippen LogP contribution in [-0.4, -0.2) is 4.98 Å². The summed E-state index contributed by atoms with van der Waals surface area (Å²) in [7, 11) is 0. The van der Waals surface area contributed by atoms with Crippen molar-refractivity contribution in [3.63, 3.8) is 0 Å². The Morgan fingerprint density at radius 1 is 1.19 bits per heavy atom. The van der Waals surface area contributed by atoms with Gasteiger partial charge >= 0.3 is 6.18 Å². The SMILES string of the molecule is O=c1[nH]cc(C(F)(F)F)c2ccc(Cl)cc12. The van der Waals surface area contributed by atoms with Gasteiger partial charge in [0.1, 0.15) is 0 Å². The van der Waals surface area contributed by atoms with E-state index in [1.165, 1.54) is 18.2 Å². The molecule has 0 aliphatic rings.